The maximum Gasteiger partial charge on any atom is 0.339 e. The lowest BCUT2D eigenvalue weighted by atomic mass is 10.1. The van der Waals surface area contributed by atoms with Gasteiger partial charge in [0.15, 0.2) is 0 Å². The molecular weight excluding hydrogens is 452 g/mol. The van der Waals surface area contributed by atoms with E-state index in [2.05, 4.69) is 4.90 Å². The molecule has 0 spiro atoms. The Labute approximate surface area is 192 Å². The maximum absolute atomic E-state index is 12.5. The van der Waals surface area contributed by atoms with Crippen LogP contribution >= 0.6 is 0 Å². The molecule has 2 aliphatic rings. The van der Waals surface area contributed by atoms with Gasteiger partial charge in [0.25, 0.3) is 5.91 Å². The summed E-state index contributed by atoms with van der Waals surface area (Å²) in [7, 11) is 0. The van der Waals surface area contributed by atoms with Crippen molar-refractivity contribution in [2.75, 3.05) is 26.2 Å². The van der Waals surface area contributed by atoms with E-state index in [9.17, 15) is 34.9 Å². The van der Waals surface area contributed by atoms with Gasteiger partial charge < -0.3 is 20.2 Å². The lowest BCUT2D eigenvalue weighted by Crippen LogP contribution is -2.52. The van der Waals surface area contributed by atoms with Crippen molar-refractivity contribution in [3.05, 3.63) is 67.8 Å². The lowest BCUT2D eigenvalue weighted by molar-refractivity contribution is -0.386. The van der Waals surface area contributed by atoms with E-state index in [1.807, 2.05) is 0 Å². The Morgan fingerprint density at radius 2 is 1.44 bits per heavy atom. The maximum atomic E-state index is 12.5. The number of para-hydroxylation sites is 2. The largest absolute Gasteiger partial charge is 0.502 e. The fourth-order valence-corrected chi connectivity index (χ4v) is 4.05. The molecule has 180 valence electrons. The van der Waals surface area contributed by atoms with Crippen molar-refractivity contribution < 1.29 is 34.8 Å². The van der Waals surface area contributed by atoms with E-state index >= 15 is 0 Å². The Balaban J connectivity index is 0.000000215. The highest BCUT2D eigenvalue weighted by atomic mass is 16.6. The molecule has 2 aliphatic heterocycles. The van der Waals surface area contributed by atoms with Gasteiger partial charge in [0.2, 0.25) is 11.5 Å². The number of aromatic hydroxyl groups is 2. The smallest absolute Gasteiger partial charge is 0.339 e. The molecule has 34 heavy (non-hydrogen) atoms. The van der Waals surface area contributed by atoms with Gasteiger partial charge in [0.1, 0.15) is 5.56 Å². The second-order valence-electron chi connectivity index (χ2n) is 7.75. The van der Waals surface area contributed by atoms with E-state index < -0.39 is 44.3 Å². The molecule has 0 unspecified atom stereocenters. The van der Waals surface area contributed by atoms with Crippen LogP contribution in [-0.4, -0.2) is 79.1 Å². The summed E-state index contributed by atoms with van der Waals surface area (Å²) in [6.45, 7) is 3.12. The van der Waals surface area contributed by atoms with Gasteiger partial charge in [-0.05, 0) is 31.5 Å². The zero-order valence-electron chi connectivity index (χ0n) is 17.9. The number of nitrogens with zero attached hydrogens (tertiary/aromatic N) is 4. The zero-order chi connectivity index (χ0) is 25.0. The number of rotatable bonds is 4. The van der Waals surface area contributed by atoms with E-state index in [1.165, 1.54) is 24.3 Å². The number of nitro benzene ring substituents is 2. The quantitative estimate of drug-likeness (QED) is 0.438. The van der Waals surface area contributed by atoms with Crippen LogP contribution in [0.4, 0.5) is 11.4 Å². The number of carbonyl (C=O) groups is 2. The van der Waals surface area contributed by atoms with Crippen molar-refractivity contribution in [2.24, 2.45) is 0 Å². The summed E-state index contributed by atoms with van der Waals surface area (Å²) < 4.78 is 0. The minimum absolute atomic E-state index is 0.00986. The third kappa shape index (κ3) is 5.04. The van der Waals surface area contributed by atoms with Crippen LogP contribution in [0.25, 0.3) is 0 Å². The molecule has 2 aromatic rings. The molecular formula is C21H22N4O9. The summed E-state index contributed by atoms with van der Waals surface area (Å²) in [5.41, 5.74) is -1.51. The van der Waals surface area contributed by atoms with E-state index in [0.717, 1.165) is 38.1 Å². The molecule has 1 atom stereocenters. The number of phenols is 2. The Kier molecular flexibility index (Phi) is 7.26. The standard InChI is InChI=1S/C14H17N3O4.C7H5NO5/c18-13-11(4-1-5-12(13)17(20)21)14(19)16-8-7-15-6-2-3-10(15)9-16;9-6-4(7(10)11)2-1-3-5(6)8(12)13/h1,4-5,10,18H,2-3,6-9H2;1-3,9H,(H,10,11)/t10-;/m1./s1. The van der Waals surface area contributed by atoms with Gasteiger partial charge in [-0.1, -0.05) is 12.1 Å². The van der Waals surface area contributed by atoms with Crippen LogP contribution in [-0.2, 0) is 0 Å². The molecule has 13 nitrogen and oxygen atoms in total. The monoisotopic (exact) mass is 474 g/mol. The number of carboxylic acid groups (broad SMARTS) is 1. The van der Waals surface area contributed by atoms with Crippen LogP contribution in [0, 0.1) is 20.2 Å². The zero-order valence-corrected chi connectivity index (χ0v) is 17.9. The van der Waals surface area contributed by atoms with Crippen molar-refractivity contribution in [1.29, 1.82) is 0 Å². The van der Waals surface area contributed by atoms with Crippen molar-refractivity contribution in [3.8, 4) is 11.5 Å². The van der Waals surface area contributed by atoms with Crippen molar-refractivity contribution in [1.82, 2.24) is 9.80 Å². The first-order valence-corrected chi connectivity index (χ1v) is 10.3. The Morgan fingerprint density at radius 1 is 0.882 bits per heavy atom. The predicted octanol–water partition coefficient (Wildman–Crippen LogP) is 2.22. The summed E-state index contributed by atoms with van der Waals surface area (Å²) in [4.78, 5) is 46.5. The van der Waals surface area contributed by atoms with Crippen LogP contribution in [0.2, 0.25) is 0 Å². The number of fused-ring (bicyclic) bond motifs is 1. The van der Waals surface area contributed by atoms with Gasteiger partial charge in [-0.3, -0.25) is 29.9 Å². The van der Waals surface area contributed by atoms with E-state index in [1.54, 1.807) is 4.90 Å². The molecule has 3 N–H and O–H groups in total. The van der Waals surface area contributed by atoms with Crippen molar-refractivity contribution in [3.63, 3.8) is 0 Å². The highest BCUT2D eigenvalue weighted by Gasteiger charge is 2.34. The Hall–Kier alpha value is -4.26. The van der Waals surface area contributed by atoms with Gasteiger partial charge in [-0.15, -0.1) is 0 Å². The first-order chi connectivity index (χ1) is 16.1. The SMILES string of the molecule is O=C(O)c1cccc([N+](=O)[O-])c1O.O=C(c1cccc([N+](=O)[O-])c1O)N1CCN2CCC[C@@H]2C1. The number of hydrogen-bond acceptors (Lipinski definition) is 9. The summed E-state index contributed by atoms with van der Waals surface area (Å²) in [5.74, 6) is -3.09. The molecule has 0 bridgehead atoms. The molecule has 2 fully saturated rings. The molecule has 0 saturated carbocycles. The second-order valence-corrected chi connectivity index (χ2v) is 7.75. The molecule has 13 heteroatoms. The first-order valence-electron chi connectivity index (χ1n) is 10.3. The lowest BCUT2D eigenvalue weighted by Gasteiger charge is -2.37. The number of benzene rings is 2. The van der Waals surface area contributed by atoms with Crippen LogP contribution in [0.15, 0.2) is 36.4 Å². The van der Waals surface area contributed by atoms with E-state index in [-0.39, 0.29) is 11.5 Å². The van der Waals surface area contributed by atoms with Crippen LogP contribution in [0.1, 0.15) is 33.6 Å². The number of phenolic OH excluding ortho intramolecular Hbond substituents is 1. The van der Waals surface area contributed by atoms with Gasteiger partial charge in [-0.25, -0.2) is 4.79 Å². The molecule has 2 saturated heterocycles. The molecule has 0 aliphatic carbocycles. The van der Waals surface area contributed by atoms with Crippen molar-refractivity contribution in [2.45, 2.75) is 18.9 Å². The summed E-state index contributed by atoms with van der Waals surface area (Å²) in [6.07, 6.45) is 2.22. The number of hydrogen-bond donors (Lipinski definition) is 3. The van der Waals surface area contributed by atoms with Crippen LogP contribution < -0.4 is 0 Å². The molecule has 1 amide bonds. The minimum atomic E-state index is -1.40. The summed E-state index contributed by atoms with van der Waals surface area (Å²) in [5, 5.41) is 48.6. The van der Waals surface area contributed by atoms with E-state index in [4.69, 9.17) is 10.2 Å². The molecule has 2 heterocycles. The number of aromatic carboxylic acids is 1. The second kappa shape index (κ2) is 10.1. The number of nitro groups is 2. The topological polar surface area (TPSA) is 188 Å². The Morgan fingerprint density at radius 3 is 2.00 bits per heavy atom. The average Bonchev–Trinajstić information content (AvgIpc) is 3.26. The molecule has 4 rings (SSSR count). The molecule has 0 aromatic heterocycles. The number of carboxylic acids is 1. The summed E-state index contributed by atoms with van der Waals surface area (Å²) >= 11 is 0. The van der Waals surface area contributed by atoms with E-state index in [0.29, 0.717) is 19.1 Å². The van der Waals surface area contributed by atoms with Crippen molar-refractivity contribution >= 4 is 23.3 Å². The van der Waals surface area contributed by atoms with Crippen LogP contribution in [0.3, 0.4) is 0 Å². The van der Waals surface area contributed by atoms with Gasteiger partial charge in [0, 0.05) is 37.8 Å². The van der Waals surface area contributed by atoms with Gasteiger partial charge >= 0.3 is 17.3 Å². The Bertz CT molecular complexity index is 1100. The average molecular weight is 474 g/mol. The minimum Gasteiger partial charge on any atom is -0.502 e. The molecule has 0 radical (unpaired) electrons. The number of carbonyl (C=O) groups excluding carboxylic acids is 1. The fraction of sp³-hybridized carbons (Fsp3) is 0.333. The summed E-state index contributed by atoms with van der Waals surface area (Å²) in [6, 6.07) is 7.75. The van der Waals surface area contributed by atoms with Gasteiger partial charge in [0.05, 0.1) is 15.4 Å². The first kappa shape index (κ1) is 24.4. The highest BCUT2D eigenvalue weighted by Crippen LogP contribution is 2.31. The predicted molar refractivity (Wildman–Crippen MR) is 117 cm³/mol. The van der Waals surface area contributed by atoms with Gasteiger partial charge in [-0.2, -0.15) is 0 Å². The fourth-order valence-electron chi connectivity index (χ4n) is 4.05. The third-order valence-corrected chi connectivity index (χ3v) is 5.76. The normalized spacial score (nSPS) is 17.3. The van der Waals surface area contributed by atoms with Crippen LogP contribution in [0.5, 0.6) is 11.5 Å². The number of piperazine rings is 1. The number of amides is 1. The third-order valence-electron chi connectivity index (χ3n) is 5.76. The molecule has 2 aromatic carbocycles. The highest BCUT2D eigenvalue weighted by molar-refractivity contribution is 5.98.